The van der Waals surface area contributed by atoms with Crippen LogP contribution >= 0.6 is 11.3 Å². The van der Waals surface area contributed by atoms with E-state index in [0.717, 1.165) is 0 Å². The van der Waals surface area contributed by atoms with E-state index in [0.29, 0.717) is 29.3 Å². The summed E-state index contributed by atoms with van der Waals surface area (Å²) in [7, 11) is 0. The molecule has 18 heavy (non-hydrogen) atoms. The molecule has 0 fully saturated rings. The molecule has 0 atom stereocenters. The fourth-order valence-electron chi connectivity index (χ4n) is 1.13. The Kier molecular flexibility index (Phi) is 4.66. The summed E-state index contributed by atoms with van der Waals surface area (Å²) in [4.78, 5) is 0. The lowest BCUT2D eigenvalue weighted by molar-refractivity contribution is -0.135. The van der Waals surface area contributed by atoms with Crippen molar-refractivity contribution in [1.29, 1.82) is 0 Å². The van der Waals surface area contributed by atoms with Crippen LogP contribution in [0.1, 0.15) is 30.8 Å². The van der Waals surface area contributed by atoms with E-state index in [1.54, 1.807) is 0 Å². The molecule has 1 N–H and O–H groups in total. The average molecular weight is 285 g/mol. The lowest BCUT2D eigenvalue weighted by atomic mass is 10.1. The Bertz CT molecular complexity index is 387. The van der Waals surface area contributed by atoms with E-state index in [4.69, 9.17) is 0 Å². The molecule has 3 nitrogen and oxygen atoms in total. The number of nitrogens with zero attached hydrogens (tertiary/aromatic N) is 2. The fourth-order valence-corrected chi connectivity index (χ4v) is 1.94. The van der Waals surface area contributed by atoms with Crippen molar-refractivity contribution in [3.63, 3.8) is 0 Å². The molecule has 0 aromatic carbocycles. The van der Waals surface area contributed by atoms with Crippen molar-refractivity contribution in [2.24, 2.45) is 0 Å². The molecule has 1 aromatic rings. The molecule has 0 aliphatic rings. The van der Waals surface area contributed by atoms with E-state index >= 15 is 0 Å². The van der Waals surface area contributed by atoms with Crippen molar-refractivity contribution in [2.45, 2.75) is 45.1 Å². The van der Waals surface area contributed by atoms with Gasteiger partial charge >= 0.3 is 12.3 Å². The van der Waals surface area contributed by atoms with Crippen LogP contribution in [-0.2, 0) is 12.3 Å². The number of hydrogen-bond acceptors (Lipinski definition) is 4. The maximum atomic E-state index is 12.9. The lowest BCUT2D eigenvalue weighted by Crippen LogP contribution is -2.37. The van der Waals surface area contributed by atoms with Crippen molar-refractivity contribution in [3.05, 3.63) is 10.0 Å². The molecule has 0 aliphatic heterocycles. The van der Waals surface area contributed by atoms with Gasteiger partial charge in [-0.05, 0) is 20.8 Å². The Labute approximate surface area is 107 Å². The normalized spacial score (nSPS) is 13.3. The van der Waals surface area contributed by atoms with E-state index in [1.807, 2.05) is 20.8 Å². The summed E-state index contributed by atoms with van der Waals surface area (Å²) in [6.45, 7) is 6.41. The summed E-state index contributed by atoms with van der Waals surface area (Å²) in [5.74, 6) is -4.21. The maximum absolute atomic E-state index is 12.9. The number of halogens is 4. The van der Waals surface area contributed by atoms with Gasteiger partial charge in [-0.1, -0.05) is 11.3 Å². The van der Waals surface area contributed by atoms with Gasteiger partial charge in [-0.25, -0.2) is 8.78 Å². The number of rotatable bonds is 5. The van der Waals surface area contributed by atoms with Crippen LogP contribution < -0.4 is 5.32 Å². The zero-order chi connectivity index (χ0) is 14.0. The van der Waals surface area contributed by atoms with Crippen molar-refractivity contribution >= 4 is 11.3 Å². The second-order valence-electron chi connectivity index (χ2n) is 4.85. The Hall–Kier alpha value is -0.760. The Morgan fingerprint density at radius 3 is 2.33 bits per heavy atom. The first kappa shape index (κ1) is 15.3. The molecule has 1 aromatic heterocycles. The molecule has 8 heteroatoms. The van der Waals surface area contributed by atoms with Gasteiger partial charge in [-0.2, -0.15) is 8.78 Å². The third-order valence-electron chi connectivity index (χ3n) is 2.02. The van der Waals surface area contributed by atoms with Crippen molar-refractivity contribution in [3.8, 4) is 0 Å². The second kappa shape index (κ2) is 5.48. The van der Waals surface area contributed by atoms with E-state index in [1.165, 1.54) is 0 Å². The minimum Gasteiger partial charge on any atom is -0.312 e. The third-order valence-corrected chi connectivity index (χ3v) is 3.09. The van der Waals surface area contributed by atoms with Gasteiger partial charge in [0.05, 0.1) is 0 Å². The molecule has 0 spiro atoms. The molecule has 104 valence electrons. The molecular formula is C10H15F4N3S. The summed E-state index contributed by atoms with van der Waals surface area (Å²) < 4.78 is 50.1. The average Bonchev–Trinajstić information content (AvgIpc) is 2.64. The second-order valence-corrected chi connectivity index (χ2v) is 5.91. The van der Waals surface area contributed by atoms with Crippen LogP contribution in [0.4, 0.5) is 17.6 Å². The van der Waals surface area contributed by atoms with E-state index < -0.39 is 17.4 Å². The Morgan fingerprint density at radius 2 is 1.83 bits per heavy atom. The maximum Gasteiger partial charge on any atom is 0.359 e. The molecule has 1 heterocycles. The number of alkyl halides is 4. The van der Waals surface area contributed by atoms with Crippen LogP contribution in [0.5, 0.6) is 0 Å². The van der Waals surface area contributed by atoms with Gasteiger partial charge in [0, 0.05) is 18.5 Å². The van der Waals surface area contributed by atoms with Crippen LogP contribution in [0.2, 0.25) is 0 Å². The van der Waals surface area contributed by atoms with Gasteiger partial charge in [0.25, 0.3) is 0 Å². The van der Waals surface area contributed by atoms with Gasteiger partial charge in [-0.3, -0.25) is 0 Å². The molecule has 0 radical (unpaired) electrons. The molecule has 0 saturated carbocycles. The van der Waals surface area contributed by atoms with Crippen LogP contribution in [0.15, 0.2) is 0 Å². The highest BCUT2D eigenvalue weighted by Crippen LogP contribution is 2.36. The fraction of sp³-hybridized carbons (Fsp3) is 0.800. The summed E-state index contributed by atoms with van der Waals surface area (Å²) in [6.07, 6.45) is -3.38. The minimum absolute atomic E-state index is 0.0968. The molecule has 0 unspecified atom stereocenters. The molecule has 0 saturated heterocycles. The predicted octanol–water partition coefficient (Wildman–Crippen LogP) is 2.83. The van der Waals surface area contributed by atoms with Gasteiger partial charge in [-0.15, -0.1) is 10.2 Å². The highest BCUT2D eigenvalue weighted by Gasteiger charge is 2.46. The smallest absolute Gasteiger partial charge is 0.312 e. The number of nitrogens with one attached hydrogen (secondary N) is 1. The highest BCUT2D eigenvalue weighted by atomic mass is 32.1. The van der Waals surface area contributed by atoms with Crippen molar-refractivity contribution in [1.82, 2.24) is 15.5 Å². The van der Waals surface area contributed by atoms with Crippen LogP contribution in [0, 0.1) is 0 Å². The molecule has 0 bridgehead atoms. The van der Waals surface area contributed by atoms with E-state index in [9.17, 15) is 17.6 Å². The highest BCUT2D eigenvalue weighted by molar-refractivity contribution is 7.11. The predicted molar refractivity (Wildman–Crippen MR) is 61.3 cm³/mol. The van der Waals surface area contributed by atoms with Gasteiger partial charge in [0.1, 0.15) is 5.01 Å². The van der Waals surface area contributed by atoms with Gasteiger partial charge in [0.2, 0.25) is 0 Å². The Morgan fingerprint density at radius 1 is 1.22 bits per heavy atom. The molecule has 1 rings (SSSR count). The Balaban J connectivity index is 2.59. The van der Waals surface area contributed by atoms with E-state index in [-0.39, 0.29) is 5.54 Å². The summed E-state index contributed by atoms with van der Waals surface area (Å²) in [5.41, 5.74) is -0.0968. The van der Waals surface area contributed by atoms with Crippen LogP contribution in [0.3, 0.4) is 0 Å². The molecule has 0 aliphatic carbocycles. The monoisotopic (exact) mass is 285 g/mol. The van der Waals surface area contributed by atoms with Crippen LogP contribution in [0.25, 0.3) is 0 Å². The van der Waals surface area contributed by atoms with Crippen molar-refractivity contribution < 1.29 is 17.6 Å². The summed E-state index contributed by atoms with van der Waals surface area (Å²) in [5, 5.41) is 9.17. The summed E-state index contributed by atoms with van der Waals surface area (Å²) >= 11 is 0.527. The third kappa shape index (κ3) is 4.16. The first-order valence-corrected chi connectivity index (χ1v) is 6.18. The quantitative estimate of drug-likeness (QED) is 0.845. The zero-order valence-corrected chi connectivity index (χ0v) is 11.1. The van der Waals surface area contributed by atoms with Crippen molar-refractivity contribution in [2.75, 3.05) is 6.54 Å². The minimum atomic E-state index is -4.21. The lowest BCUT2D eigenvalue weighted by Gasteiger charge is -2.19. The standard InChI is InChI=1S/C10H15F4N3S/c1-9(2,3)15-5-4-6-16-17-8(18-6)10(13,14)7(11)12/h7,15H,4-5H2,1-3H3. The first-order valence-electron chi connectivity index (χ1n) is 5.37. The first-order chi connectivity index (χ1) is 8.13. The largest absolute Gasteiger partial charge is 0.359 e. The summed E-state index contributed by atoms with van der Waals surface area (Å²) in [6, 6.07) is 0. The zero-order valence-electron chi connectivity index (χ0n) is 10.3. The molecule has 0 amide bonds. The van der Waals surface area contributed by atoms with Gasteiger partial charge in [0.15, 0.2) is 5.01 Å². The number of hydrogen-bond donors (Lipinski definition) is 1. The number of aromatic nitrogens is 2. The SMILES string of the molecule is CC(C)(C)NCCc1nnc(C(F)(F)C(F)F)s1. The van der Waals surface area contributed by atoms with E-state index in [2.05, 4.69) is 15.5 Å². The topological polar surface area (TPSA) is 37.8 Å². The molecular weight excluding hydrogens is 270 g/mol. The van der Waals surface area contributed by atoms with Gasteiger partial charge < -0.3 is 5.32 Å². The van der Waals surface area contributed by atoms with Crippen LogP contribution in [-0.4, -0.2) is 28.7 Å².